The van der Waals surface area contributed by atoms with E-state index in [0.29, 0.717) is 30.6 Å². The lowest BCUT2D eigenvalue weighted by atomic mass is 10.1. The number of benzene rings is 2. The molecule has 2 aromatic carbocycles. The molecule has 11 heteroatoms. The first-order valence-corrected chi connectivity index (χ1v) is 13.3. The quantitative estimate of drug-likeness (QED) is 0.297. The van der Waals surface area contributed by atoms with Crippen molar-refractivity contribution in [3.63, 3.8) is 0 Å². The summed E-state index contributed by atoms with van der Waals surface area (Å²) in [6, 6.07) is 12.4. The lowest BCUT2D eigenvalue weighted by Crippen LogP contribution is -2.36. The van der Waals surface area contributed by atoms with E-state index in [-0.39, 0.29) is 0 Å². The molecular formula is C27H31F2N3O5S. The molecule has 2 aliphatic heterocycles. The summed E-state index contributed by atoms with van der Waals surface area (Å²) in [6.45, 7) is 3.67. The second kappa shape index (κ2) is 15.1. The number of nitrogens with zero attached hydrogens (tertiary/aromatic N) is 2. The van der Waals surface area contributed by atoms with Gasteiger partial charge in [0, 0.05) is 42.7 Å². The van der Waals surface area contributed by atoms with E-state index in [0.717, 1.165) is 68.4 Å². The average molecular weight is 548 g/mol. The van der Waals surface area contributed by atoms with E-state index in [1.165, 1.54) is 17.3 Å². The predicted molar refractivity (Wildman–Crippen MR) is 144 cm³/mol. The van der Waals surface area contributed by atoms with Crippen molar-refractivity contribution in [2.45, 2.75) is 37.5 Å². The SMILES string of the molecule is Fc1ccc(OCCCCN2CCC(N=C3Nc4ccccc4CS3)CC2)cc1F.O=C(O)C=CC(=O)O. The Labute approximate surface area is 224 Å². The molecule has 0 spiro atoms. The number of fused-ring (bicyclic) bond motifs is 1. The van der Waals surface area contributed by atoms with Crippen molar-refractivity contribution >= 4 is 34.6 Å². The first kappa shape index (κ1) is 29.1. The van der Waals surface area contributed by atoms with E-state index < -0.39 is 23.6 Å². The van der Waals surface area contributed by atoms with Crippen LogP contribution in [0.5, 0.6) is 5.75 Å². The third-order valence-corrected chi connectivity index (χ3v) is 6.81. The van der Waals surface area contributed by atoms with Crippen molar-refractivity contribution in [1.29, 1.82) is 0 Å². The molecule has 1 fully saturated rings. The molecule has 0 unspecified atom stereocenters. The van der Waals surface area contributed by atoms with Gasteiger partial charge in [-0.25, -0.2) is 18.4 Å². The number of carbonyl (C=O) groups is 2. The Kier molecular flexibility index (Phi) is 11.6. The van der Waals surface area contributed by atoms with Gasteiger partial charge in [0.2, 0.25) is 0 Å². The minimum Gasteiger partial charge on any atom is -0.493 e. The zero-order valence-corrected chi connectivity index (χ0v) is 21.6. The monoisotopic (exact) mass is 547 g/mol. The van der Waals surface area contributed by atoms with Crippen LogP contribution in [-0.2, 0) is 15.3 Å². The molecular weight excluding hydrogens is 516 g/mol. The van der Waals surface area contributed by atoms with E-state index in [1.807, 2.05) is 0 Å². The third kappa shape index (κ3) is 10.1. The van der Waals surface area contributed by atoms with Gasteiger partial charge in [-0.2, -0.15) is 0 Å². The van der Waals surface area contributed by atoms with Crippen LogP contribution in [0.4, 0.5) is 14.5 Å². The highest BCUT2D eigenvalue weighted by molar-refractivity contribution is 8.13. The maximum Gasteiger partial charge on any atom is 0.328 e. The minimum absolute atomic E-state index is 0.380. The number of carboxylic acids is 2. The number of rotatable bonds is 9. The number of hydrogen-bond acceptors (Lipinski definition) is 6. The zero-order valence-electron chi connectivity index (χ0n) is 20.8. The van der Waals surface area contributed by atoms with Crippen LogP contribution in [-0.4, -0.2) is 64.5 Å². The lowest BCUT2D eigenvalue weighted by molar-refractivity contribution is -0.134. The van der Waals surface area contributed by atoms with Crippen molar-refractivity contribution in [3.8, 4) is 5.75 Å². The second-order valence-electron chi connectivity index (χ2n) is 8.72. The fourth-order valence-electron chi connectivity index (χ4n) is 3.91. The predicted octanol–water partition coefficient (Wildman–Crippen LogP) is 5.01. The Morgan fingerprint density at radius 3 is 2.45 bits per heavy atom. The number of aliphatic imine (C=N–C) groups is 1. The van der Waals surface area contributed by atoms with Gasteiger partial charge in [-0.3, -0.25) is 4.99 Å². The number of likely N-dealkylation sites (tertiary alicyclic amines) is 1. The maximum atomic E-state index is 13.2. The summed E-state index contributed by atoms with van der Waals surface area (Å²) in [5, 5.41) is 20.1. The number of para-hydroxylation sites is 1. The maximum absolute atomic E-state index is 13.2. The van der Waals surface area contributed by atoms with Crippen LogP contribution in [0.15, 0.2) is 59.6 Å². The Balaban J connectivity index is 0.000000436. The number of anilines is 1. The van der Waals surface area contributed by atoms with Crippen LogP contribution < -0.4 is 10.1 Å². The van der Waals surface area contributed by atoms with Gasteiger partial charge < -0.3 is 25.2 Å². The van der Waals surface area contributed by atoms with Crippen LogP contribution in [0.1, 0.15) is 31.2 Å². The number of thioether (sulfide) groups is 1. The Morgan fingerprint density at radius 2 is 1.76 bits per heavy atom. The number of unbranched alkanes of at least 4 members (excludes halogenated alkanes) is 1. The largest absolute Gasteiger partial charge is 0.493 e. The second-order valence-corrected chi connectivity index (χ2v) is 9.68. The first-order valence-electron chi connectivity index (χ1n) is 12.3. The smallest absolute Gasteiger partial charge is 0.328 e. The number of nitrogens with one attached hydrogen (secondary N) is 1. The van der Waals surface area contributed by atoms with Crippen LogP contribution in [0.3, 0.4) is 0 Å². The number of carboxylic acid groups (broad SMARTS) is 2. The number of aliphatic carboxylic acids is 2. The highest BCUT2D eigenvalue weighted by Gasteiger charge is 2.20. The molecule has 3 N–H and O–H groups in total. The van der Waals surface area contributed by atoms with E-state index in [4.69, 9.17) is 19.9 Å². The van der Waals surface area contributed by atoms with E-state index in [9.17, 15) is 18.4 Å². The molecule has 0 amide bonds. The van der Waals surface area contributed by atoms with E-state index >= 15 is 0 Å². The van der Waals surface area contributed by atoms with Gasteiger partial charge in [-0.1, -0.05) is 30.0 Å². The van der Waals surface area contributed by atoms with Crippen molar-refractivity contribution in [1.82, 2.24) is 4.90 Å². The molecule has 2 aromatic rings. The van der Waals surface area contributed by atoms with Crippen LogP contribution >= 0.6 is 11.8 Å². The molecule has 204 valence electrons. The average Bonchev–Trinajstić information content (AvgIpc) is 2.90. The van der Waals surface area contributed by atoms with Crippen molar-refractivity contribution < 1.29 is 33.3 Å². The lowest BCUT2D eigenvalue weighted by Gasteiger charge is -2.31. The first-order chi connectivity index (χ1) is 18.3. The molecule has 2 heterocycles. The Bertz CT molecular complexity index is 1140. The molecule has 0 bridgehead atoms. The van der Waals surface area contributed by atoms with E-state index in [1.54, 1.807) is 11.8 Å². The number of ether oxygens (including phenoxy) is 1. The molecule has 0 radical (unpaired) electrons. The summed E-state index contributed by atoms with van der Waals surface area (Å²) >= 11 is 1.79. The van der Waals surface area contributed by atoms with Gasteiger partial charge in [0.15, 0.2) is 16.8 Å². The molecule has 2 aliphatic rings. The number of hydrogen-bond donors (Lipinski definition) is 3. The third-order valence-electron chi connectivity index (χ3n) is 5.88. The van der Waals surface area contributed by atoms with E-state index in [2.05, 4.69) is 34.5 Å². The molecule has 8 nitrogen and oxygen atoms in total. The fourth-order valence-corrected chi connectivity index (χ4v) is 4.86. The molecule has 0 atom stereocenters. The van der Waals surface area contributed by atoms with Crippen molar-refractivity contribution in [2.75, 3.05) is 31.6 Å². The Hall–Kier alpha value is -3.44. The van der Waals surface area contributed by atoms with Crippen LogP contribution in [0, 0.1) is 11.6 Å². The molecule has 1 saturated heterocycles. The summed E-state index contributed by atoms with van der Waals surface area (Å²) in [7, 11) is 0. The molecule has 4 rings (SSSR count). The molecule has 38 heavy (non-hydrogen) atoms. The summed E-state index contributed by atoms with van der Waals surface area (Å²) in [4.78, 5) is 26.5. The van der Waals surface area contributed by atoms with Crippen LogP contribution in [0.25, 0.3) is 0 Å². The summed E-state index contributed by atoms with van der Waals surface area (Å²) in [5.41, 5.74) is 2.52. The van der Waals surface area contributed by atoms with Gasteiger partial charge in [-0.15, -0.1) is 0 Å². The Morgan fingerprint density at radius 1 is 1.05 bits per heavy atom. The normalized spacial score (nSPS) is 16.8. The highest BCUT2D eigenvalue weighted by atomic mass is 32.2. The minimum atomic E-state index is -1.26. The topological polar surface area (TPSA) is 111 Å². The standard InChI is InChI=1S/C23H27F2N3OS.C4H4O4/c24-20-8-7-19(15-21(20)25)29-14-4-3-11-28-12-9-18(10-13-28)26-23-27-22-6-2-1-5-17(22)16-30-23;5-3(6)1-2-4(7)8/h1-2,5-8,15,18H,3-4,9-14,16H2,(H,26,27);1-2H,(H,5,6)(H,7,8). The molecule has 0 saturated carbocycles. The van der Waals surface area contributed by atoms with Gasteiger partial charge in [0.1, 0.15) is 5.75 Å². The molecule has 0 aliphatic carbocycles. The number of piperidine rings is 1. The number of amidine groups is 1. The summed E-state index contributed by atoms with van der Waals surface area (Å²) in [5.74, 6) is -2.87. The van der Waals surface area contributed by atoms with Crippen molar-refractivity contribution in [2.24, 2.45) is 4.99 Å². The van der Waals surface area contributed by atoms with Gasteiger partial charge in [0.05, 0.1) is 12.6 Å². The van der Waals surface area contributed by atoms with Gasteiger partial charge in [0.25, 0.3) is 0 Å². The van der Waals surface area contributed by atoms with Crippen LogP contribution in [0.2, 0.25) is 0 Å². The fraction of sp³-hybridized carbons (Fsp3) is 0.370. The summed E-state index contributed by atoms with van der Waals surface area (Å²) in [6.07, 6.45) is 5.19. The van der Waals surface area contributed by atoms with Crippen molar-refractivity contribution in [3.05, 3.63) is 71.8 Å². The summed E-state index contributed by atoms with van der Waals surface area (Å²) < 4.78 is 31.6. The highest BCUT2D eigenvalue weighted by Crippen LogP contribution is 2.29. The van der Waals surface area contributed by atoms with Gasteiger partial charge in [-0.05, 0) is 56.0 Å². The zero-order chi connectivity index (χ0) is 27.3. The molecule has 0 aromatic heterocycles. The number of halogens is 2. The van der Waals surface area contributed by atoms with Gasteiger partial charge >= 0.3 is 11.9 Å².